The summed E-state index contributed by atoms with van der Waals surface area (Å²) >= 11 is 0. The highest BCUT2D eigenvalue weighted by atomic mass is 16.5. The Balaban J connectivity index is 1.84. The smallest absolute Gasteiger partial charge is 0.121 e. The van der Waals surface area contributed by atoms with Crippen LogP contribution in [0.2, 0.25) is 0 Å². The Hall–Kier alpha value is -2.41. The van der Waals surface area contributed by atoms with Crippen LogP contribution in [0.3, 0.4) is 0 Å². The van der Waals surface area contributed by atoms with E-state index >= 15 is 0 Å². The number of nitriles is 1. The number of aryl methyl sites for hydroxylation is 1. The van der Waals surface area contributed by atoms with Gasteiger partial charge < -0.3 is 14.6 Å². The molecule has 0 aliphatic rings. The SMILES string of the molecule is CCn1ccc(CNc2cccc(OCCCC#N)c2)c1. The Morgan fingerprint density at radius 3 is 3.00 bits per heavy atom. The average Bonchev–Trinajstić information content (AvgIpc) is 2.98. The fourth-order valence-electron chi connectivity index (χ4n) is 2.03. The maximum atomic E-state index is 8.49. The number of ether oxygens (including phenoxy) is 1. The molecule has 1 heterocycles. The predicted octanol–water partition coefficient (Wildman–Crippen LogP) is 3.80. The van der Waals surface area contributed by atoms with E-state index in [9.17, 15) is 0 Å². The van der Waals surface area contributed by atoms with E-state index in [0.717, 1.165) is 30.9 Å². The Bertz CT molecular complexity index is 598. The zero-order chi connectivity index (χ0) is 14.9. The van der Waals surface area contributed by atoms with Gasteiger partial charge in [-0.25, -0.2) is 0 Å². The van der Waals surface area contributed by atoms with Gasteiger partial charge in [0, 0.05) is 43.7 Å². The summed E-state index contributed by atoms with van der Waals surface area (Å²) in [6, 6.07) is 12.2. The van der Waals surface area contributed by atoms with E-state index in [1.54, 1.807) is 0 Å². The molecule has 0 amide bonds. The number of anilines is 1. The highest BCUT2D eigenvalue weighted by Gasteiger charge is 1.99. The fraction of sp³-hybridized carbons (Fsp3) is 0.353. The molecule has 1 N–H and O–H groups in total. The number of hydrogen-bond acceptors (Lipinski definition) is 3. The van der Waals surface area contributed by atoms with Gasteiger partial charge in [-0.15, -0.1) is 0 Å². The van der Waals surface area contributed by atoms with Gasteiger partial charge in [-0.2, -0.15) is 5.26 Å². The van der Waals surface area contributed by atoms with Crippen molar-refractivity contribution in [1.82, 2.24) is 4.57 Å². The summed E-state index contributed by atoms with van der Waals surface area (Å²) in [5.74, 6) is 0.837. The molecule has 1 aromatic carbocycles. The highest BCUT2D eigenvalue weighted by molar-refractivity contribution is 5.48. The number of rotatable bonds is 8. The number of nitrogens with zero attached hydrogens (tertiary/aromatic N) is 2. The van der Waals surface area contributed by atoms with Gasteiger partial charge in [0.05, 0.1) is 12.7 Å². The lowest BCUT2D eigenvalue weighted by Crippen LogP contribution is -2.00. The molecule has 0 bridgehead atoms. The monoisotopic (exact) mass is 283 g/mol. The van der Waals surface area contributed by atoms with Gasteiger partial charge in [-0.3, -0.25) is 0 Å². The van der Waals surface area contributed by atoms with Crippen molar-refractivity contribution in [3.63, 3.8) is 0 Å². The van der Waals surface area contributed by atoms with Gasteiger partial charge in [0.1, 0.15) is 5.75 Å². The standard InChI is InChI=1S/C17H21N3O/c1-2-20-10-8-15(14-20)13-19-16-6-5-7-17(12-16)21-11-4-3-9-18/h5-8,10,12,14,19H,2-4,11,13H2,1H3. The van der Waals surface area contributed by atoms with Crippen LogP contribution in [0.1, 0.15) is 25.3 Å². The topological polar surface area (TPSA) is 50.0 Å². The van der Waals surface area contributed by atoms with E-state index < -0.39 is 0 Å². The van der Waals surface area contributed by atoms with Crippen molar-refractivity contribution in [2.75, 3.05) is 11.9 Å². The van der Waals surface area contributed by atoms with Crippen LogP contribution >= 0.6 is 0 Å². The number of hydrogen-bond donors (Lipinski definition) is 1. The van der Waals surface area contributed by atoms with Crippen molar-refractivity contribution in [2.45, 2.75) is 32.9 Å². The largest absolute Gasteiger partial charge is 0.493 e. The van der Waals surface area contributed by atoms with Crippen LogP contribution in [0.5, 0.6) is 5.75 Å². The molecule has 0 spiro atoms. The van der Waals surface area contributed by atoms with Crippen LogP contribution < -0.4 is 10.1 Å². The second-order valence-electron chi connectivity index (χ2n) is 4.84. The van der Waals surface area contributed by atoms with Gasteiger partial charge in [0.2, 0.25) is 0 Å². The summed E-state index contributed by atoms with van der Waals surface area (Å²) in [4.78, 5) is 0. The van der Waals surface area contributed by atoms with E-state index in [-0.39, 0.29) is 0 Å². The van der Waals surface area contributed by atoms with Crippen LogP contribution in [0.4, 0.5) is 5.69 Å². The molecule has 2 aromatic rings. The Morgan fingerprint density at radius 1 is 1.33 bits per heavy atom. The van der Waals surface area contributed by atoms with Crippen LogP contribution in [-0.4, -0.2) is 11.2 Å². The molecule has 0 atom stereocenters. The first-order valence-corrected chi connectivity index (χ1v) is 7.30. The fourth-order valence-corrected chi connectivity index (χ4v) is 2.03. The molecule has 4 heteroatoms. The minimum Gasteiger partial charge on any atom is -0.493 e. The summed E-state index contributed by atoms with van der Waals surface area (Å²) in [6.07, 6.45) is 5.53. The van der Waals surface area contributed by atoms with Crippen molar-refractivity contribution in [3.8, 4) is 11.8 Å². The van der Waals surface area contributed by atoms with Crippen LogP contribution in [0, 0.1) is 11.3 Å². The van der Waals surface area contributed by atoms with Gasteiger partial charge in [0.25, 0.3) is 0 Å². The maximum Gasteiger partial charge on any atom is 0.121 e. The number of aromatic nitrogens is 1. The average molecular weight is 283 g/mol. The first-order chi connectivity index (χ1) is 10.3. The third-order valence-corrected chi connectivity index (χ3v) is 3.21. The molecule has 110 valence electrons. The number of benzene rings is 1. The minimum atomic E-state index is 0.534. The highest BCUT2D eigenvalue weighted by Crippen LogP contribution is 2.18. The number of nitrogens with one attached hydrogen (secondary N) is 1. The lowest BCUT2D eigenvalue weighted by molar-refractivity contribution is 0.313. The minimum absolute atomic E-state index is 0.534. The van der Waals surface area contributed by atoms with Crippen LogP contribution in [0.15, 0.2) is 42.7 Å². The number of unbranched alkanes of at least 4 members (excludes halogenated alkanes) is 1. The molecule has 21 heavy (non-hydrogen) atoms. The predicted molar refractivity (Wildman–Crippen MR) is 84.2 cm³/mol. The molecule has 0 unspecified atom stereocenters. The lowest BCUT2D eigenvalue weighted by Gasteiger charge is -2.09. The molecule has 0 fully saturated rings. The molecule has 0 aliphatic heterocycles. The molecule has 4 nitrogen and oxygen atoms in total. The van der Waals surface area contributed by atoms with E-state index in [4.69, 9.17) is 10.00 Å². The van der Waals surface area contributed by atoms with Crippen molar-refractivity contribution in [1.29, 1.82) is 5.26 Å². The van der Waals surface area contributed by atoms with E-state index in [1.807, 2.05) is 24.3 Å². The van der Waals surface area contributed by atoms with Gasteiger partial charge in [-0.05, 0) is 37.1 Å². The van der Waals surface area contributed by atoms with Gasteiger partial charge in [0.15, 0.2) is 0 Å². The molecule has 0 saturated heterocycles. The first kappa shape index (κ1) is 15.0. The first-order valence-electron chi connectivity index (χ1n) is 7.30. The van der Waals surface area contributed by atoms with Gasteiger partial charge in [-0.1, -0.05) is 6.07 Å². The van der Waals surface area contributed by atoms with Crippen molar-refractivity contribution >= 4 is 5.69 Å². The maximum absolute atomic E-state index is 8.49. The van der Waals surface area contributed by atoms with Crippen molar-refractivity contribution in [2.24, 2.45) is 0 Å². The Morgan fingerprint density at radius 2 is 2.24 bits per heavy atom. The third kappa shape index (κ3) is 4.88. The molecular weight excluding hydrogens is 262 g/mol. The summed E-state index contributed by atoms with van der Waals surface area (Å²) in [5, 5.41) is 11.9. The van der Waals surface area contributed by atoms with Crippen LogP contribution in [-0.2, 0) is 13.1 Å². The molecule has 0 saturated carbocycles. The van der Waals surface area contributed by atoms with E-state index in [1.165, 1.54) is 5.56 Å². The summed E-state index contributed by atoms with van der Waals surface area (Å²) in [7, 11) is 0. The normalized spacial score (nSPS) is 10.1. The lowest BCUT2D eigenvalue weighted by atomic mass is 10.2. The summed E-state index contributed by atoms with van der Waals surface area (Å²) < 4.78 is 7.79. The molecular formula is C17H21N3O. The second kappa shape index (κ2) is 8.01. The van der Waals surface area contributed by atoms with Gasteiger partial charge >= 0.3 is 0 Å². The Kier molecular flexibility index (Phi) is 5.71. The van der Waals surface area contributed by atoms with E-state index in [2.05, 4.69) is 41.3 Å². The van der Waals surface area contributed by atoms with Crippen molar-refractivity contribution in [3.05, 3.63) is 48.3 Å². The van der Waals surface area contributed by atoms with Crippen molar-refractivity contribution < 1.29 is 4.74 Å². The Labute approximate surface area is 126 Å². The molecule has 1 aromatic heterocycles. The van der Waals surface area contributed by atoms with E-state index in [0.29, 0.717) is 13.0 Å². The third-order valence-electron chi connectivity index (χ3n) is 3.21. The zero-order valence-electron chi connectivity index (χ0n) is 12.4. The quantitative estimate of drug-likeness (QED) is 0.750. The molecule has 0 radical (unpaired) electrons. The molecule has 0 aliphatic carbocycles. The zero-order valence-corrected chi connectivity index (χ0v) is 12.4. The molecule has 2 rings (SSSR count). The summed E-state index contributed by atoms with van der Waals surface area (Å²) in [5.41, 5.74) is 2.30. The van der Waals surface area contributed by atoms with Crippen LogP contribution in [0.25, 0.3) is 0 Å². The second-order valence-corrected chi connectivity index (χ2v) is 4.84. The summed E-state index contributed by atoms with van der Waals surface area (Å²) in [6.45, 7) is 4.50.